The van der Waals surface area contributed by atoms with Crippen molar-refractivity contribution in [2.45, 2.75) is 0 Å². The molecule has 2 N–H and O–H groups in total. The summed E-state index contributed by atoms with van der Waals surface area (Å²) in [5, 5.41) is 0. The van der Waals surface area contributed by atoms with Crippen molar-refractivity contribution < 1.29 is 9.21 Å². The molecule has 6 heteroatoms. The maximum Gasteiger partial charge on any atom is 0.259 e. The van der Waals surface area contributed by atoms with Crippen molar-refractivity contribution >= 4 is 28.5 Å². The van der Waals surface area contributed by atoms with Crippen LogP contribution in [0, 0.1) is 0 Å². The highest BCUT2D eigenvalue weighted by atomic mass is 16.3. The first kappa shape index (κ1) is 12.2. The van der Waals surface area contributed by atoms with Crippen LogP contribution >= 0.6 is 0 Å². The zero-order valence-corrected chi connectivity index (χ0v) is 10.8. The van der Waals surface area contributed by atoms with Gasteiger partial charge in [0.1, 0.15) is 11.3 Å². The summed E-state index contributed by atoms with van der Waals surface area (Å²) in [5.41, 5.74) is 7.94. The lowest BCUT2D eigenvalue weighted by molar-refractivity contribution is 0.0992. The average Bonchev–Trinajstić information content (AvgIpc) is 2.94. The van der Waals surface area contributed by atoms with Gasteiger partial charge in [0.15, 0.2) is 12.0 Å². The summed E-state index contributed by atoms with van der Waals surface area (Å²) >= 11 is 0. The van der Waals surface area contributed by atoms with E-state index in [0.29, 0.717) is 22.7 Å². The van der Waals surface area contributed by atoms with Gasteiger partial charge in [0.25, 0.3) is 5.91 Å². The fourth-order valence-electron chi connectivity index (χ4n) is 1.88. The number of hydrogen-bond acceptors (Lipinski definition) is 5. The molecule has 20 heavy (non-hydrogen) atoms. The average molecular weight is 268 g/mol. The molecule has 0 aliphatic heterocycles. The number of anilines is 2. The highest BCUT2D eigenvalue weighted by molar-refractivity contribution is 6.06. The van der Waals surface area contributed by atoms with Gasteiger partial charge in [-0.05, 0) is 30.3 Å². The number of fused-ring (bicyclic) bond motifs is 1. The molecule has 3 rings (SSSR count). The first-order chi connectivity index (χ1) is 9.65. The van der Waals surface area contributed by atoms with Crippen LogP contribution in [0.15, 0.2) is 47.3 Å². The molecule has 1 amide bonds. The van der Waals surface area contributed by atoms with E-state index < -0.39 is 0 Å². The van der Waals surface area contributed by atoms with Crippen LogP contribution in [0.1, 0.15) is 10.4 Å². The van der Waals surface area contributed by atoms with E-state index in [9.17, 15) is 4.79 Å². The lowest BCUT2D eigenvalue weighted by Crippen LogP contribution is -2.27. The van der Waals surface area contributed by atoms with Crippen molar-refractivity contribution in [3.05, 3.63) is 48.5 Å². The predicted octanol–water partition coefficient (Wildman–Crippen LogP) is 2.08. The number of nitrogen functional groups attached to an aromatic ring is 1. The maximum atomic E-state index is 12.4. The third-order valence-corrected chi connectivity index (χ3v) is 3.00. The van der Waals surface area contributed by atoms with E-state index in [0.717, 1.165) is 5.52 Å². The van der Waals surface area contributed by atoms with Gasteiger partial charge < -0.3 is 10.2 Å². The van der Waals surface area contributed by atoms with E-state index in [1.807, 2.05) is 0 Å². The van der Waals surface area contributed by atoms with Crippen molar-refractivity contribution in [1.29, 1.82) is 0 Å². The van der Waals surface area contributed by atoms with Gasteiger partial charge >= 0.3 is 0 Å². The molecular formula is C14H12N4O2. The van der Waals surface area contributed by atoms with Crippen LogP contribution < -0.4 is 10.6 Å². The first-order valence-corrected chi connectivity index (χ1v) is 5.98. The van der Waals surface area contributed by atoms with Crippen LogP contribution in [0.3, 0.4) is 0 Å². The predicted molar refractivity (Wildman–Crippen MR) is 75.4 cm³/mol. The number of amides is 1. The Bertz CT molecular complexity index is 764. The van der Waals surface area contributed by atoms with Crippen molar-refractivity contribution in [2.24, 2.45) is 0 Å². The Labute approximate surface area is 114 Å². The van der Waals surface area contributed by atoms with Crippen LogP contribution in [-0.4, -0.2) is 22.9 Å². The molecule has 2 heterocycles. The number of carbonyl (C=O) groups is 1. The molecule has 0 unspecified atom stereocenters. The van der Waals surface area contributed by atoms with Crippen LogP contribution in [0.5, 0.6) is 0 Å². The molecule has 0 fully saturated rings. The summed E-state index contributed by atoms with van der Waals surface area (Å²) < 4.78 is 5.20. The fourth-order valence-corrected chi connectivity index (χ4v) is 1.88. The van der Waals surface area contributed by atoms with Gasteiger partial charge in [-0.25, -0.2) is 9.97 Å². The molecule has 0 spiro atoms. The smallest absolute Gasteiger partial charge is 0.259 e. The molecule has 3 aromatic rings. The van der Waals surface area contributed by atoms with Crippen LogP contribution in [0.4, 0.5) is 11.5 Å². The Kier molecular flexibility index (Phi) is 2.83. The number of rotatable bonds is 2. The summed E-state index contributed by atoms with van der Waals surface area (Å²) in [4.78, 5) is 22.0. The summed E-state index contributed by atoms with van der Waals surface area (Å²) in [6, 6.07) is 8.52. The molecule has 0 bridgehead atoms. The molecule has 0 atom stereocenters. The highest BCUT2D eigenvalue weighted by Crippen LogP contribution is 2.18. The third-order valence-electron chi connectivity index (χ3n) is 3.00. The molecule has 100 valence electrons. The van der Waals surface area contributed by atoms with Crippen molar-refractivity contribution in [1.82, 2.24) is 9.97 Å². The summed E-state index contributed by atoms with van der Waals surface area (Å²) in [5.74, 6) is 0.349. The number of nitrogens with two attached hydrogens (primary N) is 1. The van der Waals surface area contributed by atoms with Gasteiger partial charge in [0, 0.05) is 12.6 Å². The lowest BCUT2D eigenvalue weighted by atomic mass is 10.2. The standard InChI is InChI=1S/C14H12N4O2/c1-18(13-5-3-10(15)7-16-13)14(19)9-2-4-11-12(6-9)20-8-17-11/h2-8H,15H2,1H3. The Morgan fingerprint density at radius 3 is 2.85 bits per heavy atom. The number of oxazole rings is 1. The van der Waals surface area contributed by atoms with Crippen LogP contribution in [0.2, 0.25) is 0 Å². The number of aromatic nitrogens is 2. The number of carbonyl (C=O) groups excluding carboxylic acids is 1. The summed E-state index contributed by atoms with van der Waals surface area (Å²) in [6.45, 7) is 0. The minimum absolute atomic E-state index is 0.180. The minimum atomic E-state index is -0.180. The molecule has 2 aromatic heterocycles. The number of hydrogen-bond donors (Lipinski definition) is 1. The maximum absolute atomic E-state index is 12.4. The van der Waals surface area contributed by atoms with Crippen molar-refractivity contribution in [3.63, 3.8) is 0 Å². The largest absolute Gasteiger partial charge is 0.443 e. The van der Waals surface area contributed by atoms with E-state index in [1.165, 1.54) is 17.5 Å². The minimum Gasteiger partial charge on any atom is -0.443 e. The van der Waals surface area contributed by atoms with Crippen molar-refractivity contribution in [3.8, 4) is 0 Å². The molecule has 6 nitrogen and oxygen atoms in total. The number of pyridine rings is 1. The molecule has 0 aliphatic rings. The molecular weight excluding hydrogens is 256 g/mol. The molecule has 0 aliphatic carbocycles. The van der Waals surface area contributed by atoms with Gasteiger partial charge in [0.05, 0.1) is 11.9 Å². The second-order valence-electron chi connectivity index (χ2n) is 4.35. The second kappa shape index (κ2) is 4.65. The molecule has 0 radical (unpaired) electrons. The topological polar surface area (TPSA) is 85.2 Å². The Balaban J connectivity index is 1.92. The van der Waals surface area contributed by atoms with E-state index in [4.69, 9.17) is 10.2 Å². The van der Waals surface area contributed by atoms with E-state index >= 15 is 0 Å². The van der Waals surface area contributed by atoms with E-state index in [-0.39, 0.29) is 5.91 Å². The highest BCUT2D eigenvalue weighted by Gasteiger charge is 2.15. The van der Waals surface area contributed by atoms with Crippen molar-refractivity contribution in [2.75, 3.05) is 17.7 Å². The van der Waals surface area contributed by atoms with Gasteiger partial charge in [-0.15, -0.1) is 0 Å². The SMILES string of the molecule is CN(C(=O)c1ccc2ncoc2c1)c1ccc(N)cn1. The van der Waals surface area contributed by atoms with Gasteiger partial charge in [-0.1, -0.05) is 0 Å². The molecule has 1 aromatic carbocycles. The third kappa shape index (κ3) is 2.07. The Morgan fingerprint density at radius 1 is 1.25 bits per heavy atom. The number of benzene rings is 1. The van der Waals surface area contributed by atoms with Crippen LogP contribution in [0.25, 0.3) is 11.1 Å². The lowest BCUT2D eigenvalue weighted by Gasteiger charge is -2.16. The molecule has 0 saturated carbocycles. The zero-order valence-electron chi connectivity index (χ0n) is 10.8. The molecule has 0 saturated heterocycles. The Hall–Kier alpha value is -2.89. The summed E-state index contributed by atoms with van der Waals surface area (Å²) in [7, 11) is 1.66. The van der Waals surface area contributed by atoms with Gasteiger partial charge in [-0.3, -0.25) is 9.69 Å². The van der Waals surface area contributed by atoms with E-state index in [1.54, 1.807) is 37.4 Å². The Morgan fingerprint density at radius 2 is 2.10 bits per heavy atom. The van der Waals surface area contributed by atoms with Crippen LogP contribution in [-0.2, 0) is 0 Å². The quantitative estimate of drug-likeness (QED) is 0.769. The fraction of sp³-hybridized carbons (Fsp3) is 0.0714. The number of nitrogens with zero attached hydrogens (tertiary/aromatic N) is 3. The zero-order chi connectivity index (χ0) is 14.1. The normalized spacial score (nSPS) is 10.7. The first-order valence-electron chi connectivity index (χ1n) is 5.98. The van der Waals surface area contributed by atoms with Gasteiger partial charge in [-0.2, -0.15) is 0 Å². The summed E-state index contributed by atoms with van der Waals surface area (Å²) in [6.07, 6.45) is 2.86. The monoisotopic (exact) mass is 268 g/mol. The van der Waals surface area contributed by atoms with Gasteiger partial charge in [0.2, 0.25) is 0 Å². The van der Waals surface area contributed by atoms with E-state index in [2.05, 4.69) is 9.97 Å². The second-order valence-corrected chi connectivity index (χ2v) is 4.35.